The van der Waals surface area contributed by atoms with Gasteiger partial charge < -0.3 is 0 Å². The third kappa shape index (κ3) is 3.21. The summed E-state index contributed by atoms with van der Waals surface area (Å²) in [6.07, 6.45) is 3.32. The molecule has 0 amide bonds. The van der Waals surface area contributed by atoms with Gasteiger partial charge in [-0.2, -0.15) is 5.26 Å². The van der Waals surface area contributed by atoms with Crippen LogP contribution in [0.3, 0.4) is 0 Å². The molecule has 0 fully saturated rings. The van der Waals surface area contributed by atoms with E-state index in [-0.39, 0.29) is 5.78 Å². The van der Waals surface area contributed by atoms with Crippen LogP contribution >= 0.6 is 0 Å². The quantitative estimate of drug-likeness (QED) is 0.617. The Balaban J connectivity index is 2.15. The number of ketones is 1. The van der Waals surface area contributed by atoms with Crippen molar-refractivity contribution in [1.29, 1.82) is 5.26 Å². The predicted molar refractivity (Wildman–Crippen MR) is 80.4 cm³/mol. The normalized spacial score (nSPS) is 10.4. The van der Waals surface area contributed by atoms with Gasteiger partial charge in [0, 0.05) is 5.56 Å². The standard InChI is InChI=1S/C18H15NO/c1-13-3-9-17(11-14(13)2)18(20)10-8-15-4-6-16(12-19)7-5-15/h3-11H,1-2H3. The van der Waals surface area contributed by atoms with Crippen LogP contribution in [0, 0.1) is 25.2 Å². The summed E-state index contributed by atoms with van der Waals surface area (Å²) in [5.74, 6) is -0.0162. The summed E-state index contributed by atoms with van der Waals surface area (Å²) in [5, 5.41) is 8.72. The molecule has 0 atom stereocenters. The first-order valence-electron chi connectivity index (χ1n) is 6.40. The van der Waals surface area contributed by atoms with E-state index in [2.05, 4.69) is 6.07 Å². The molecule has 0 saturated heterocycles. The molecule has 0 saturated carbocycles. The maximum Gasteiger partial charge on any atom is 0.185 e. The van der Waals surface area contributed by atoms with Crippen molar-refractivity contribution in [3.05, 3.63) is 76.4 Å². The first-order chi connectivity index (χ1) is 9.60. The van der Waals surface area contributed by atoms with Gasteiger partial charge in [-0.05, 0) is 54.8 Å². The zero-order valence-corrected chi connectivity index (χ0v) is 11.6. The van der Waals surface area contributed by atoms with Crippen molar-refractivity contribution in [2.75, 3.05) is 0 Å². The number of nitrogens with zero attached hydrogens (tertiary/aromatic N) is 1. The van der Waals surface area contributed by atoms with E-state index in [0.717, 1.165) is 11.1 Å². The second-order valence-corrected chi connectivity index (χ2v) is 4.73. The van der Waals surface area contributed by atoms with Crippen molar-refractivity contribution in [3.63, 3.8) is 0 Å². The van der Waals surface area contributed by atoms with Gasteiger partial charge in [0.05, 0.1) is 11.6 Å². The minimum absolute atomic E-state index is 0.0162. The summed E-state index contributed by atoms with van der Waals surface area (Å²) in [6, 6.07) is 14.9. The molecule has 2 aromatic rings. The van der Waals surface area contributed by atoms with Crippen LogP contribution in [0.25, 0.3) is 6.08 Å². The van der Waals surface area contributed by atoms with Gasteiger partial charge in [0.2, 0.25) is 0 Å². The second-order valence-electron chi connectivity index (χ2n) is 4.73. The van der Waals surface area contributed by atoms with Crippen LogP contribution in [0.15, 0.2) is 48.5 Å². The van der Waals surface area contributed by atoms with Crippen LogP contribution in [0.5, 0.6) is 0 Å². The van der Waals surface area contributed by atoms with Crippen LogP contribution in [0.4, 0.5) is 0 Å². The Morgan fingerprint density at radius 1 is 1.05 bits per heavy atom. The Bertz CT molecular complexity index is 703. The van der Waals surface area contributed by atoms with Gasteiger partial charge in [-0.15, -0.1) is 0 Å². The van der Waals surface area contributed by atoms with E-state index in [9.17, 15) is 4.79 Å². The zero-order chi connectivity index (χ0) is 14.5. The topological polar surface area (TPSA) is 40.9 Å². The number of carbonyl (C=O) groups excluding carboxylic acids is 1. The van der Waals surface area contributed by atoms with Crippen molar-refractivity contribution >= 4 is 11.9 Å². The van der Waals surface area contributed by atoms with Gasteiger partial charge in [-0.1, -0.05) is 30.3 Å². The molecule has 0 aromatic heterocycles. The molecular weight excluding hydrogens is 246 g/mol. The van der Waals surface area contributed by atoms with Gasteiger partial charge >= 0.3 is 0 Å². The molecule has 98 valence electrons. The highest BCUT2D eigenvalue weighted by Crippen LogP contribution is 2.12. The molecule has 0 N–H and O–H groups in total. The molecule has 20 heavy (non-hydrogen) atoms. The summed E-state index contributed by atoms with van der Waals surface area (Å²) < 4.78 is 0. The molecule has 0 aliphatic carbocycles. The molecule has 0 spiro atoms. The average Bonchev–Trinajstić information content (AvgIpc) is 2.48. The summed E-state index contributed by atoms with van der Waals surface area (Å²) in [7, 11) is 0. The number of carbonyl (C=O) groups is 1. The third-order valence-electron chi connectivity index (χ3n) is 3.26. The Morgan fingerprint density at radius 2 is 1.75 bits per heavy atom. The fourth-order valence-electron chi connectivity index (χ4n) is 1.83. The van der Waals surface area contributed by atoms with Crippen molar-refractivity contribution in [2.24, 2.45) is 0 Å². The molecule has 2 rings (SSSR count). The average molecular weight is 261 g/mol. The van der Waals surface area contributed by atoms with Crippen molar-refractivity contribution in [1.82, 2.24) is 0 Å². The number of hydrogen-bond acceptors (Lipinski definition) is 2. The number of hydrogen-bond donors (Lipinski definition) is 0. The van der Waals surface area contributed by atoms with E-state index >= 15 is 0 Å². The SMILES string of the molecule is Cc1ccc(C(=O)C=Cc2ccc(C#N)cc2)cc1C. The Labute approximate surface area is 119 Å². The summed E-state index contributed by atoms with van der Waals surface area (Å²) >= 11 is 0. The molecule has 2 nitrogen and oxygen atoms in total. The van der Waals surface area contributed by atoms with E-state index in [1.165, 1.54) is 5.56 Å². The summed E-state index contributed by atoms with van der Waals surface area (Å²) in [5.41, 5.74) is 4.50. The van der Waals surface area contributed by atoms with E-state index in [1.807, 2.05) is 44.2 Å². The smallest absolute Gasteiger partial charge is 0.185 e. The minimum atomic E-state index is -0.0162. The lowest BCUT2D eigenvalue weighted by Crippen LogP contribution is -1.95. The molecule has 0 bridgehead atoms. The number of rotatable bonds is 3. The maximum atomic E-state index is 12.1. The largest absolute Gasteiger partial charge is 0.289 e. The maximum absolute atomic E-state index is 12.1. The molecular formula is C18H15NO. The fraction of sp³-hybridized carbons (Fsp3) is 0.111. The lowest BCUT2D eigenvalue weighted by molar-refractivity contribution is 0.104. The summed E-state index contributed by atoms with van der Waals surface area (Å²) in [6.45, 7) is 4.02. The molecule has 0 aliphatic rings. The molecule has 2 aromatic carbocycles. The van der Waals surface area contributed by atoms with Gasteiger partial charge in [-0.25, -0.2) is 0 Å². The Kier molecular flexibility index (Phi) is 4.12. The third-order valence-corrected chi connectivity index (χ3v) is 3.26. The highest BCUT2D eigenvalue weighted by Gasteiger charge is 2.03. The van der Waals surface area contributed by atoms with Crippen molar-refractivity contribution < 1.29 is 4.79 Å². The van der Waals surface area contributed by atoms with E-state index in [0.29, 0.717) is 11.1 Å². The van der Waals surface area contributed by atoms with Crippen molar-refractivity contribution in [3.8, 4) is 6.07 Å². The molecule has 2 heteroatoms. The zero-order valence-electron chi connectivity index (χ0n) is 11.6. The second kappa shape index (κ2) is 5.99. The van der Waals surface area contributed by atoms with Crippen LogP contribution in [-0.2, 0) is 0 Å². The first kappa shape index (κ1) is 13.8. The van der Waals surface area contributed by atoms with Crippen LogP contribution < -0.4 is 0 Å². The molecule has 0 radical (unpaired) electrons. The highest BCUT2D eigenvalue weighted by atomic mass is 16.1. The van der Waals surface area contributed by atoms with Gasteiger partial charge in [-0.3, -0.25) is 4.79 Å². The van der Waals surface area contributed by atoms with Gasteiger partial charge in [0.1, 0.15) is 0 Å². The summed E-state index contributed by atoms with van der Waals surface area (Å²) in [4.78, 5) is 12.1. The first-order valence-corrected chi connectivity index (χ1v) is 6.40. The van der Waals surface area contributed by atoms with Gasteiger partial charge in [0.15, 0.2) is 5.78 Å². The van der Waals surface area contributed by atoms with Gasteiger partial charge in [0.25, 0.3) is 0 Å². The van der Waals surface area contributed by atoms with E-state index in [4.69, 9.17) is 5.26 Å². The van der Waals surface area contributed by atoms with Crippen LogP contribution in [0.2, 0.25) is 0 Å². The van der Waals surface area contributed by atoms with E-state index < -0.39 is 0 Å². The fourth-order valence-corrected chi connectivity index (χ4v) is 1.83. The predicted octanol–water partition coefficient (Wildman–Crippen LogP) is 4.07. The highest BCUT2D eigenvalue weighted by molar-refractivity contribution is 6.06. The van der Waals surface area contributed by atoms with Crippen molar-refractivity contribution in [2.45, 2.75) is 13.8 Å². The number of benzene rings is 2. The van der Waals surface area contributed by atoms with E-state index in [1.54, 1.807) is 24.3 Å². The minimum Gasteiger partial charge on any atom is -0.289 e. The number of nitriles is 1. The lowest BCUT2D eigenvalue weighted by atomic mass is 10.0. The number of allylic oxidation sites excluding steroid dienone is 1. The number of aryl methyl sites for hydroxylation is 2. The molecule has 0 unspecified atom stereocenters. The molecule has 0 heterocycles. The Morgan fingerprint density at radius 3 is 2.35 bits per heavy atom. The van der Waals surface area contributed by atoms with Crippen LogP contribution in [0.1, 0.15) is 32.6 Å². The Hall–Kier alpha value is -2.66. The lowest BCUT2D eigenvalue weighted by Gasteiger charge is -2.01. The monoisotopic (exact) mass is 261 g/mol. The van der Waals surface area contributed by atoms with Crippen LogP contribution in [-0.4, -0.2) is 5.78 Å². The molecule has 0 aliphatic heterocycles.